The van der Waals surface area contributed by atoms with E-state index in [2.05, 4.69) is 29.8 Å². The number of nitrogens with one attached hydrogen (secondary N) is 2. The summed E-state index contributed by atoms with van der Waals surface area (Å²) in [5.41, 5.74) is 0.643. The number of hydrogen-bond donors (Lipinski definition) is 2. The van der Waals surface area contributed by atoms with Crippen molar-refractivity contribution < 1.29 is 22.3 Å². The van der Waals surface area contributed by atoms with Gasteiger partial charge in [-0.1, -0.05) is 60.7 Å². The number of benzene rings is 3. The minimum absolute atomic E-state index is 0.00902. The van der Waals surface area contributed by atoms with E-state index in [0.717, 1.165) is 88.9 Å². The number of ether oxygens (including phenoxy) is 1. The van der Waals surface area contributed by atoms with Crippen LogP contribution in [0.5, 0.6) is 11.5 Å². The Hall–Kier alpha value is -4.47. The molecule has 0 unspecified atom stereocenters. The molecule has 2 bridgehead atoms. The summed E-state index contributed by atoms with van der Waals surface area (Å²) in [5, 5.41) is 3.39. The number of piperazine rings is 1. The Morgan fingerprint density at radius 2 is 1.61 bits per heavy atom. The molecule has 1 aliphatic carbocycles. The van der Waals surface area contributed by atoms with Crippen molar-refractivity contribution in [3.63, 3.8) is 0 Å². The molecule has 0 radical (unpaired) electrons. The minimum Gasteiger partial charge on any atom is -0.451 e. The molecule has 1 aromatic heterocycles. The Bertz CT molecular complexity index is 2270. The van der Waals surface area contributed by atoms with E-state index in [9.17, 15) is 8.42 Å². The van der Waals surface area contributed by atoms with E-state index in [-0.39, 0.29) is 34.7 Å². The third-order valence-corrected chi connectivity index (χ3v) is 15.9. The lowest BCUT2D eigenvalue weighted by atomic mass is 9.67. The van der Waals surface area contributed by atoms with Gasteiger partial charge in [0.05, 0.1) is 22.8 Å². The summed E-state index contributed by atoms with van der Waals surface area (Å²) in [6.07, 6.45) is 8.91. The van der Waals surface area contributed by atoms with E-state index in [1.165, 1.54) is 24.5 Å². The number of amides is 1. The standard InChI is InChI=1S/C47H59FN8O4S/c1-45(2,34-11-7-5-8-12-34)56(46(3,4)35-13-9-6-10-14-35)44(57)40-23-36(48)15-16-41(40)60-42-26-49-32-51-43(42)54-22-19-33(28-54)27-53-30-47(31-53)20-17-37(18-21-47)52-61(58,59)55-29-38-24-39(55)25-50-38/h5-16,23,26,32-33,37-39,50,52H,17-22,24-25,27-31H2,1-4H3/t33-,38-,39-/m0/s1. The largest absolute Gasteiger partial charge is 0.451 e. The van der Waals surface area contributed by atoms with Crippen molar-refractivity contribution in [2.75, 3.05) is 50.7 Å². The molecule has 5 heterocycles. The molecule has 61 heavy (non-hydrogen) atoms. The normalized spacial score (nSPS) is 23.4. The third-order valence-electron chi connectivity index (χ3n) is 14.2. The first-order chi connectivity index (χ1) is 29.2. The Balaban J connectivity index is 0.857. The van der Waals surface area contributed by atoms with E-state index in [4.69, 9.17) is 4.74 Å². The van der Waals surface area contributed by atoms with Crippen LogP contribution < -0.4 is 19.7 Å². The van der Waals surface area contributed by atoms with Gasteiger partial charge in [0, 0.05) is 63.9 Å². The maximum Gasteiger partial charge on any atom is 0.280 e. The minimum atomic E-state index is -3.46. The average molecular weight is 851 g/mol. The van der Waals surface area contributed by atoms with Gasteiger partial charge >= 0.3 is 0 Å². The van der Waals surface area contributed by atoms with E-state index < -0.39 is 27.1 Å². The highest BCUT2D eigenvalue weighted by molar-refractivity contribution is 7.87. The number of aromatic nitrogens is 2. The van der Waals surface area contributed by atoms with Crippen LogP contribution in [0.2, 0.25) is 0 Å². The van der Waals surface area contributed by atoms with Gasteiger partial charge < -0.3 is 24.8 Å². The van der Waals surface area contributed by atoms with Crippen molar-refractivity contribution in [2.45, 2.75) is 95.4 Å². The summed E-state index contributed by atoms with van der Waals surface area (Å²) in [6.45, 7) is 14.1. The number of fused-ring (bicyclic) bond motifs is 2. The highest BCUT2D eigenvalue weighted by atomic mass is 32.2. The third kappa shape index (κ3) is 8.29. The molecule has 1 spiro atoms. The van der Waals surface area contributed by atoms with Gasteiger partial charge in [0.2, 0.25) is 0 Å². The van der Waals surface area contributed by atoms with Crippen LogP contribution in [0.15, 0.2) is 91.4 Å². The van der Waals surface area contributed by atoms with Crippen molar-refractivity contribution in [3.05, 3.63) is 114 Å². The summed E-state index contributed by atoms with van der Waals surface area (Å²) in [6, 6.07) is 24.3. The average Bonchev–Trinajstić information content (AvgIpc) is 4.01. The monoisotopic (exact) mass is 850 g/mol. The molecule has 5 aliphatic rings. The first-order valence-electron chi connectivity index (χ1n) is 21.9. The summed E-state index contributed by atoms with van der Waals surface area (Å²) in [7, 11) is -3.46. The van der Waals surface area contributed by atoms with E-state index in [0.29, 0.717) is 30.1 Å². The molecule has 3 atom stereocenters. The molecule has 9 rings (SSSR count). The molecule has 3 aromatic carbocycles. The SMILES string of the molecule is CC(C)(c1ccccc1)N(C(=O)c1cc(F)ccc1Oc1cncnc1N1CC[C@@H](CN2CC3(CCC(NS(=O)(=O)N4C[C@@H]5C[C@H]4CN5)CC3)C2)C1)C(C)(C)c1ccccc1. The van der Waals surface area contributed by atoms with Crippen molar-refractivity contribution in [3.8, 4) is 11.5 Å². The van der Waals surface area contributed by atoms with Crippen LogP contribution in [0, 0.1) is 17.2 Å². The first kappa shape index (κ1) is 41.9. The van der Waals surface area contributed by atoms with Crippen molar-refractivity contribution >= 4 is 21.9 Å². The van der Waals surface area contributed by atoms with Gasteiger partial charge in [-0.2, -0.15) is 17.4 Å². The lowest BCUT2D eigenvalue weighted by molar-refractivity contribution is -0.0387. The smallest absolute Gasteiger partial charge is 0.280 e. The molecule has 4 aromatic rings. The van der Waals surface area contributed by atoms with Crippen molar-refractivity contribution in [1.29, 1.82) is 0 Å². The highest BCUT2D eigenvalue weighted by Crippen LogP contribution is 2.46. The molecule has 1 saturated carbocycles. The summed E-state index contributed by atoms with van der Waals surface area (Å²) >= 11 is 0. The number of hydrogen-bond acceptors (Lipinski definition) is 9. The van der Waals surface area contributed by atoms with E-state index in [1.807, 2.05) is 93.3 Å². The summed E-state index contributed by atoms with van der Waals surface area (Å²) in [4.78, 5) is 30.7. The topological polar surface area (TPSA) is 123 Å². The van der Waals surface area contributed by atoms with Crippen molar-refractivity contribution in [1.82, 2.24) is 34.1 Å². The second-order valence-corrected chi connectivity index (χ2v) is 20.8. The van der Waals surface area contributed by atoms with Crippen LogP contribution in [0.25, 0.3) is 0 Å². The number of carbonyl (C=O) groups is 1. The zero-order chi connectivity index (χ0) is 42.6. The molecular formula is C47H59FN8O4S. The number of halogens is 1. The van der Waals surface area contributed by atoms with E-state index >= 15 is 9.18 Å². The molecule has 1 amide bonds. The van der Waals surface area contributed by atoms with Gasteiger partial charge in [-0.3, -0.25) is 4.79 Å². The molecular weight excluding hydrogens is 792 g/mol. The van der Waals surface area contributed by atoms with Crippen LogP contribution in [0.3, 0.4) is 0 Å². The highest BCUT2D eigenvalue weighted by Gasteiger charge is 2.49. The number of nitrogens with zero attached hydrogens (tertiary/aromatic N) is 6. The van der Waals surface area contributed by atoms with Gasteiger partial charge in [-0.25, -0.2) is 14.4 Å². The number of likely N-dealkylation sites (tertiary alicyclic amines) is 1. The van der Waals surface area contributed by atoms with E-state index in [1.54, 1.807) is 10.5 Å². The molecule has 5 fully saturated rings. The first-order valence-corrected chi connectivity index (χ1v) is 23.4. The number of anilines is 1. The quantitative estimate of drug-likeness (QED) is 0.152. The van der Waals surface area contributed by atoms with Gasteiger partial charge in [-0.05, 0) is 107 Å². The van der Waals surface area contributed by atoms with Gasteiger partial charge in [0.25, 0.3) is 16.1 Å². The number of carbonyl (C=O) groups excluding carboxylic acids is 1. The fourth-order valence-electron chi connectivity index (χ4n) is 11.1. The van der Waals surface area contributed by atoms with Crippen molar-refractivity contribution in [2.24, 2.45) is 11.3 Å². The predicted octanol–water partition coefficient (Wildman–Crippen LogP) is 6.67. The Labute approximate surface area is 360 Å². The second-order valence-electron chi connectivity index (χ2n) is 19.2. The van der Waals surface area contributed by atoms with Crippen LogP contribution in [0.1, 0.15) is 87.7 Å². The molecule has 14 heteroatoms. The van der Waals surface area contributed by atoms with Gasteiger partial charge in [0.1, 0.15) is 17.9 Å². The molecule has 4 aliphatic heterocycles. The molecule has 12 nitrogen and oxygen atoms in total. The van der Waals surface area contributed by atoms with Gasteiger partial charge in [0.15, 0.2) is 11.6 Å². The van der Waals surface area contributed by atoms with Crippen LogP contribution in [-0.2, 0) is 21.3 Å². The van der Waals surface area contributed by atoms with Crippen LogP contribution in [0.4, 0.5) is 10.2 Å². The fraction of sp³-hybridized carbons (Fsp3) is 0.511. The van der Waals surface area contributed by atoms with Crippen LogP contribution in [-0.4, -0.2) is 102 Å². The number of rotatable bonds is 13. The lowest BCUT2D eigenvalue weighted by Gasteiger charge is -2.54. The Kier molecular flexibility index (Phi) is 11.2. The summed E-state index contributed by atoms with van der Waals surface area (Å²) < 4.78 is 52.9. The molecule has 4 saturated heterocycles. The maximum absolute atomic E-state index is 15.2. The summed E-state index contributed by atoms with van der Waals surface area (Å²) in [5.74, 6) is 0.806. The maximum atomic E-state index is 15.2. The zero-order valence-corrected chi connectivity index (χ0v) is 36.6. The Morgan fingerprint density at radius 1 is 0.934 bits per heavy atom. The lowest BCUT2D eigenvalue weighted by Crippen LogP contribution is -2.60. The fourth-order valence-corrected chi connectivity index (χ4v) is 12.8. The van der Waals surface area contributed by atoms with Gasteiger partial charge in [-0.15, -0.1) is 0 Å². The zero-order valence-electron chi connectivity index (χ0n) is 35.8. The molecule has 324 valence electrons. The predicted molar refractivity (Wildman–Crippen MR) is 234 cm³/mol. The molecule has 2 N–H and O–H groups in total. The Morgan fingerprint density at radius 3 is 2.23 bits per heavy atom. The van der Waals surface area contributed by atoms with Crippen LogP contribution >= 0.6 is 0 Å². The second kappa shape index (κ2) is 16.3.